The number of carboxylic acids is 3. The number of hydrogen-bond acceptors (Lipinski definition) is 24. The molecule has 3 aliphatic heterocycles. The van der Waals surface area contributed by atoms with Crippen LogP contribution >= 0.6 is 11.8 Å². The summed E-state index contributed by atoms with van der Waals surface area (Å²) in [6.45, 7) is 5.31. The van der Waals surface area contributed by atoms with Crippen molar-refractivity contribution in [1.82, 2.24) is 81.9 Å². The molecule has 3 fully saturated rings. The van der Waals surface area contributed by atoms with E-state index in [2.05, 4.69) is 52.8 Å². The van der Waals surface area contributed by atoms with Gasteiger partial charge >= 0.3 is 17.9 Å². The summed E-state index contributed by atoms with van der Waals surface area (Å²) in [5.74, 6) is -22.7. The largest absolute Gasteiger partial charge is 0.508 e. The van der Waals surface area contributed by atoms with Gasteiger partial charge in [-0.1, -0.05) is 102 Å². The van der Waals surface area contributed by atoms with E-state index in [9.17, 15) is 83.1 Å². The second-order valence-corrected chi connectivity index (χ2v) is 35.9. The van der Waals surface area contributed by atoms with Crippen LogP contribution in [0.3, 0.4) is 0 Å². The van der Waals surface area contributed by atoms with Crippen LogP contribution < -0.4 is 65.1 Å². The number of rotatable bonds is 27. The van der Waals surface area contributed by atoms with Gasteiger partial charge in [-0.15, -0.1) is 11.8 Å². The van der Waals surface area contributed by atoms with Crippen molar-refractivity contribution in [3.8, 4) is 5.75 Å². The van der Waals surface area contributed by atoms with Gasteiger partial charge in [0.15, 0.2) is 5.78 Å². The average Bonchev–Trinajstić information content (AvgIpc) is 1.55. The highest BCUT2D eigenvalue weighted by atomic mass is 32.2. The van der Waals surface area contributed by atoms with E-state index >= 15 is 33.6 Å². The Morgan fingerprint density at radius 3 is 1.81 bits per heavy atom. The fraction of sp³-hybridized carbons (Fsp3) is 0.549. The van der Waals surface area contributed by atoms with Crippen molar-refractivity contribution < 1.29 is 117 Å². The maximum absolute atomic E-state index is 16.0. The summed E-state index contributed by atoms with van der Waals surface area (Å²) in [6, 6.07) is -1.79. The SMILES string of the molecule is CCCC[C@H]1C(=O)N(C)[C@@H](CCCC)C(=O)N[C@@H](CC(C)C)C(=O)N[C@H](C(=O)NCC(N)=O)CSCC(=O)N[C@@H](Cc2ccc(O)cc2)C(=O)N(C)[C@@H](C)C(=O)N[C@@H](CC(=O)O)C(=O)N2CCC[C@H]2C(=O)N[C@@H](CN)C(=O)N[C@@H](CCC(=O)O)C(=O)N2C[C@H](O)C[C@H]2C(=O)C[C@@H](Cc2c[nH]c3ccccc23)C(=O)N[C@@H](CCN)C(=O)N[C@@H](Cc2cn(CC(=O)O)c3ccccc23)C(=O)N1C. The van der Waals surface area contributed by atoms with E-state index < -0.39 is 279 Å². The number of hydrogen-bond donors (Lipinski definition) is 18. The maximum atomic E-state index is 16.0. The number of amides is 15. The van der Waals surface area contributed by atoms with E-state index in [0.29, 0.717) is 64.2 Å². The average molecular weight is 1900 g/mol. The number of carbonyl (C=O) groups excluding carboxylic acids is 16. The van der Waals surface area contributed by atoms with Gasteiger partial charge < -0.3 is 125 Å². The Morgan fingerprint density at radius 1 is 0.570 bits per heavy atom. The molecule has 43 nitrogen and oxygen atoms in total. The minimum Gasteiger partial charge on any atom is -0.508 e. The zero-order valence-electron chi connectivity index (χ0n) is 77.0. The maximum Gasteiger partial charge on any atom is 0.323 e. The standard InChI is InChI=1S/C91H127N19O24S/c1-9-11-21-69-85(128)100-62(34-49(3)4)83(126)104-67(81(124)96-43-74(94)114)47-135-48-75(115)97-63(35-51-25-27-55(111)28-26-51)87(130)105(6)50(5)79(122)101-65(40-77(118)119)90(133)109-33-17-24-70(109)86(129)103-66(41-93)84(127)99-61(29-30-76(116)117)89(132)110-45-56(112)39-72(110)73(113)38-52(36-53-42-95-59-20-15-13-18-57(53)59)80(123)98-60(31-32-92)82(125)102-64(88(131)107(8)71(22-12-10-2)91(134)106(69)7)37-54-44-108(46-78(120)121)68-23-16-14-19-58(54)68/h13-16,18-20,23,25-28,42,44,49-50,52,56,60-67,69-72,95,111-112H,9-12,17,21-22,24,29-41,43,45-48,92-93H2,1-8H3,(H2,94,114)(H,96,124)(H,97,115)(H,98,123)(H,99,127)(H,100,128)(H,101,122)(H,102,125)(H,103,129)(H,104,126)(H,116,117)(H,118,119)(H,120,121)/t50-,52+,56+,60-,61-,62-,63-,64-,65-,66-,67-,69-,70-,71-,72-/m0/s1. The number of Topliss-reactive ketones (excluding diaryl/α,β-unsaturated/α-hetero) is 1. The number of carbonyl (C=O) groups is 19. The summed E-state index contributed by atoms with van der Waals surface area (Å²) < 4.78 is 1.43. The van der Waals surface area contributed by atoms with E-state index in [1.165, 1.54) is 63.1 Å². The zero-order valence-corrected chi connectivity index (χ0v) is 77.8. The van der Waals surface area contributed by atoms with Crippen molar-refractivity contribution in [1.29, 1.82) is 0 Å². The van der Waals surface area contributed by atoms with Crippen LogP contribution in [0.1, 0.15) is 148 Å². The summed E-state index contributed by atoms with van der Waals surface area (Å²) in [6.07, 6.45) is -1.85. The Bertz CT molecular complexity index is 5120. The first-order valence-corrected chi connectivity index (χ1v) is 46.4. The lowest BCUT2D eigenvalue weighted by molar-refractivity contribution is -0.149. The number of aromatic nitrogens is 2. The molecule has 0 bridgehead atoms. The van der Waals surface area contributed by atoms with Gasteiger partial charge in [-0.25, -0.2) is 0 Å². The summed E-state index contributed by atoms with van der Waals surface area (Å²) in [5, 5.41) is 76.2. The Labute approximate surface area is 784 Å². The number of ketones is 1. The van der Waals surface area contributed by atoms with Gasteiger partial charge in [0.25, 0.3) is 0 Å². The monoisotopic (exact) mass is 1900 g/mol. The molecule has 0 unspecified atom stereocenters. The van der Waals surface area contributed by atoms with E-state index in [4.69, 9.17) is 17.2 Å². The second-order valence-electron chi connectivity index (χ2n) is 34.8. The number of para-hydroxylation sites is 2. The molecule has 44 heteroatoms. The number of nitrogens with zero attached hydrogens (tertiary/aromatic N) is 6. The number of phenolic OH excluding ortho intramolecular Hbond substituents is 1. The molecule has 15 atom stereocenters. The Balaban J connectivity index is 1.21. The van der Waals surface area contributed by atoms with Crippen LogP contribution in [0.15, 0.2) is 85.2 Å². The lowest BCUT2D eigenvalue weighted by atomic mass is 9.90. The van der Waals surface area contributed by atoms with Gasteiger partial charge in [0.1, 0.15) is 84.8 Å². The molecule has 2 aromatic heterocycles. The summed E-state index contributed by atoms with van der Waals surface area (Å²) in [4.78, 5) is 282. The van der Waals surface area contributed by atoms with Crippen molar-refractivity contribution in [2.75, 3.05) is 65.4 Å². The number of nitrogens with one attached hydrogen (secondary N) is 10. The molecule has 0 saturated carbocycles. The number of thioether (sulfide) groups is 1. The number of aliphatic hydroxyl groups excluding tert-OH is 1. The number of aromatic amines is 1. The Morgan fingerprint density at radius 2 is 1.16 bits per heavy atom. The van der Waals surface area contributed by atoms with Crippen LogP contribution in [-0.2, 0) is 117 Å². The second kappa shape index (κ2) is 50.8. The highest BCUT2D eigenvalue weighted by Gasteiger charge is 2.47. The van der Waals surface area contributed by atoms with Gasteiger partial charge in [0.2, 0.25) is 88.6 Å². The fourth-order valence-corrected chi connectivity index (χ4v) is 17.7. The predicted molar refractivity (Wildman–Crippen MR) is 492 cm³/mol. The first kappa shape index (κ1) is 107. The van der Waals surface area contributed by atoms with Crippen LogP contribution in [0, 0.1) is 11.8 Å². The van der Waals surface area contributed by atoms with Crippen LogP contribution in [0.25, 0.3) is 21.8 Å². The number of nitrogens with two attached hydrogens (primary N) is 3. The third-order valence-electron chi connectivity index (χ3n) is 24.3. The first-order valence-electron chi connectivity index (χ1n) is 45.2. The molecular weight excluding hydrogens is 1780 g/mol. The topological polar surface area (TPSA) is 649 Å². The molecule has 0 radical (unpaired) electrons. The van der Waals surface area contributed by atoms with Gasteiger partial charge in [-0.3, -0.25) is 91.1 Å². The van der Waals surface area contributed by atoms with Gasteiger partial charge in [-0.2, -0.15) is 0 Å². The molecule has 5 aromatic rings. The number of benzene rings is 3. The third-order valence-corrected chi connectivity index (χ3v) is 25.3. The normalized spacial score (nSPS) is 24.8. The summed E-state index contributed by atoms with van der Waals surface area (Å²) in [5.41, 5.74) is 20.1. The third kappa shape index (κ3) is 29.9. The first-order chi connectivity index (χ1) is 64.1. The molecule has 0 aliphatic carbocycles. The molecule has 3 aromatic carbocycles. The predicted octanol–water partition coefficient (Wildman–Crippen LogP) is -1.73. The minimum atomic E-state index is -1.94. The van der Waals surface area contributed by atoms with Crippen molar-refractivity contribution >= 4 is 146 Å². The van der Waals surface area contributed by atoms with Gasteiger partial charge in [0.05, 0.1) is 30.9 Å². The van der Waals surface area contributed by atoms with Crippen LogP contribution in [0.4, 0.5) is 0 Å². The van der Waals surface area contributed by atoms with E-state index in [1.807, 2.05) is 13.8 Å². The van der Waals surface area contributed by atoms with Crippen molar-refractivity contribution in [3.05, 3.63) is 102 Å². The minimum absolute atomic E-state index is 0.0130. The molecule has 3 aliphatic rings. The molecule has 0 spiro atoms. The lowest BCUT2D eigenvalue weighted by Crippen LogP contribution is -2.61. The summed E-state index contributed by atoms with van der Waals surface area (Å²) >= 11 is 0.761. The molecule has 736 valence electrons. The van der Waals surface area contributed by atoms with Crippen molar-refractivity contribution in [2.45, 2.75) is 241 Å². The van der Waals surface area contributed by atoms with E-state index in [1.54, 1.807) is 68.6 Å². The Hall–Kier alpha value is -13.1. The number of primary amides is 1. The number of aliphatic hydroxyl groups is 1. The van der Waals surface area contributed by atoms with Crippen LogP contribution in [-0.4, -0.2) is 322 Å². The fourth-order valence-electron chi connectivity index (χ4n) is 16.9. The van der Waals surface area contributed by atoms with Gasteiger partial charge in [0, 0.05) is 119 Å². The van der Waals surface area contributed by atoms with Crippen LogP contribution in [0.2, 0.25) is 0 Å². The molecule has 135 heavy (non-hydrogen) atoms. The van der Waals surface area contributed by atoms with Crippen molar-refractivity contribution in [2.24, 2.45) is 29.0 Å². The number of aromatic hydroxyl groups is 1. The number of H-pyrrole nitrogens is 1. The molecular formula is C91H127N19O24S. The molecule has 3 saturated heterocycles. The molecule has 8 rings (SSSR count). The molecule has 15 amide bonds. The highest BCUT2D eigenvalue weighted by Crippen LogP contribution is 2.31. The Kier molecular flexibility index (Phi) is 40.4. The van der Waals surface area contributed by atoms with E-state index in [-0.39, 0.29) is 76.1 Å². The van der Waals surface area contributed by atoms with Crippen LogP contribution in [0.5, 0.6) is 5.75 Å². The smallest absolute Gasteiger partial charge is 0.323 e. The number of carboxylic acid groups (broad SMARTS) is 3. The number of aliphatic carboxylic acids is 3. The zero-order chi connectivity index (χ0) is 99.4. The molecule has 21 N–H and O–H groups in total. The van der Waals surface area contributed by atoms with E-state index in [0.717, 1.165) is 36.3 Å². The molecule has 5 heterocycles. The number of unbranched alkanes of at least 4 members (excludes halogenated alkanes) is 2. The number of phenols is 1. The van der Waals surface area contributed by atoms with Gasteiger partial charge in [-0.05, 0) is 112 Å². The quantitative estimate of drug-likeness (QED) is 0.0278. The van der Waals surface area contributed by atoms with Crippen molar-refractivity contribution in [3.63, 3.8) is 0 Å². The summed E-state index contributed by atoms with van der Waals surface area (Å²) in [7, 11) is 3.84. The number of fused-ring (bicyclic) bond motifs is 4. The number of likely N-dealkylation sites (N-methyl/N-ethyl adjacent to an activating group) is 3. The highest BCUT2D eigenvalue weighted by molar-refractivity contribution is 8.00. The lowest BCUT2D eigenvalue weighted by Gasteiger charge is -2.36.